The van der Waals surface area contributed by atoms with Crippen molar-refractivity contribution in [1.29, 1.82) is 0 Å². The van der Waals surface area contributed by atoms with Crippen molar-refractivity contribution in [2.45, 2.75) is 30.8 Å². The Morgan fingerprint density at radius 1 is 1.30 bits per heavy atom. The molecule has 0 saturated carbocycles. The molecule has 1 aromatic carbocycles. The van der Waals surface area contributed by atoms with Crippen molar-refractivity contribution in [3.8, 4) is 17.0 Å². The fourth-order valence-corrected chi connectivity index (χ4v) is 2.99. The normalized spacial score (nSPS) is 11.1. The first kappa shape index (κ1) is 15.5. The minimum absolute atomic E-state index is 0.214. The van der Waals surface area contributed by atoms with Crippen LogP contribution in [-0.4, -0.2) is 32.5 Å². The molecule has 23 heavy (non-hydrogen) atoms. The number of hydrogen-bond acceptors (Lipinski definition) is 7. The predicted octanol–water partition coefficient (Wildman–Crippen LogP) is 3.21. The van der Waals surface area contributed by atoms with E-state index in [9.17, 15) is 0 Å². The zero-order chi connectivity index (χ0) is 16.2. The van der Waals surface area contributed by atoms with Crippen LogP contribution in [0, 0.1) is 0 Å². The van der Waals surface area contributed by atoms with Crippen LogP contribution >= 0.6 is 11.8 Å². The first-order valence-electron chi connectivity index (χ1n) is 7.18. The van der Waals surface area contributed by atoms with Gasteiger partial charge < -0.3 is 9.26 Å². The predicted molar refractivity (Wildman–Crippen MR) is 86.3 cm³/mol. The molecule has 120 valence electrons. The van der Waals surface area contributed by atoms with Gasteiger partial charge in [0, 0.05) is 11.6 Å². The maximum atomic E-state index is 5.41. The molecule has 0 amide bonds. The van der Waals surface area contributed by atoms with Gasteiger partial charge in [0.15, 0.2) is 0 Å². The third kappa shape index (κ3) is 3.37. The second kappa shape index (κ2) is 6.82. The third-order valence-corrected chi connectivity index (χ3v) is 4.19. The molecule has 3 rings (SSSR count). The molecule has 8 heteroatoms. The average molecular weight is 331 g/mol. The molecule has 0 saturated heterocycles. The molecule has 0 radical (unpaired) electrons. The summed E-state index contributed by atoms with van der Waals surface area (Å²) in [6.45, 7) is 4.07. The van der Waals surface area contributed by atoms with E-state index in [1.807, 2.05) is 44.2 Å². The van der Waals surface area contributed by atoms with Crippen LogP contribution in [0.5, 0.6) is 5.75 Å². The monoisotopic (exact) mass is 331 g/mol. The first-order valence-corrected chi connectivity index (χ1v) is 8.17. The summed E-state index contributed by atoms with van der Waals surface area (Å²) in [7, 11) is 1.64. The van der Waals surface area contributed by atoms with Gasteiger partial charge in [-0.2, -0.15) is 0 Å². The Balaban J connectivity index is 1.74. The molecule has 0 aliphatic carbocycles. The second-order valence-electron chi connectivity index (χ2n) is 5.17. The van der Waals surface area contributed by atoms with Crippen LogP contribution in [0.4, 0.5) is 0 Å². The van der Waals surface area contributed by atoms with E-state index in [1.165, 1.54) is 11.8 Å². The highest BCUT2D eigenvalue weighted by Crippen LogP contribution is 2.30. The molecule has 0 atom stereocenters. The van der Waals surface area contributed by atoms with E-state index in [1.54, 1.807) is 11.8 Å². The maximum absolute atomic E-state index is 5.41. The number of aromatic nitrogens is 5. The Morgan fingerprint density at radius 2 is 2.13 bits per heavy atom. The summed E-state index contributed by atoms with van der Waals surface area (Å²) in [5.41, 5.74) is 1.66. The van der Waals surface area contributed by atoms with E-state index in [4.69, 9.17) is 9.26 Å². The number of para-hydroxylation sites is 1. The SMILES string of the molecule is COc1ccccc1-c1cc(CSc2nnnn2C(C)C)on1. The molecule has 7 nitrogen and oxygen atoms in total. The van der Waals surface area contributed by atoms with E-state index < -0.39 is 0 Å². The molecule has 2 aromatic heterocycles. The number of methoxy groups -OCH3 is 1. The first-order chi connectivity index (χ1) is 11.2. The van der Waals surface area contributed by atoms with E-state index in [0.717, 1.165) is 27.9 Å². The molecule has 0 spiro atoms. The van der Waals surface area contributed by atoms with Gasteiger partial charge in [-0.3, -0.25) is 0 Å². The zero-order valence-corrected chi connectivity index (χ0v) is 13.9. The maximum Gasteiger partial charge on any atom is 0.209 e. The topological polar surface area (TPSA) is 78.9 Å². The molecular formula is C15H17N5O2S. The highest BCUT2D eigenvalue weighted by Gasteiger charge is 2.14. The van der Waals surface area contributed by atoms with Crippen LogP contribution in [0.15, 0.2) is 40.0 Å². The van der Waals surface area contributed by atoms with Gasteiger partial charge in [-0.25, -0.2) is 4.68 Å². The van der Waals surface area contributed by atoms with Gasteiger partial charge >= 0.3 is 0 Å². The van der Waals surface area contributed by atoms with Crippen molar-refractivity contribution in [2.24, 2.45) is 0 Å². The number of benzene rings is 1. The average Bonchev–Trinajstić information content (AvgIpc) is 3.22. The second-order valence-corrected chi connectivity index (χ2v) is 6.11. The molecular weight excluding hydrogens is 314 g/mol. The van der Waals surface area contributed by atoms with Crippen LogP contribution in [0.2, 0.25) is 0 Å². The van der Waals surface area contributed by atoms with Gasteiger partial charge in [-0.05, 0) is 36.4 Å². The van der Waals surface area contributed by atoms with Crippen molar-refractivity contribution in [2.75, 3.05) is 7.11 Å². The molecule has 0 aliphatic rings. The van der Waals surface area contributed by atoms with E-state index >= 15 is 0 Å². The third-order valence-electron chi connectivity index (χ3n) is 3.24. The van der Waals surface area contributed by atoms with Gasteiger partial charge in [0.2, 0.25) is 5.16 Å². The smallest absolute Gasteiger partial charge is 0.209 e. The molecule has 0 N–H and O–H groups in total. The standard InChI is InChI=1S/C15H17N5O2S/c1-10(2)20-15(16-18-19-20)23-9-11-8-13(17-22-11)12-6-4-5-7-14(12)21-3/h4-8,10H,9H2,1-3H3. The molecule has 0 aliphatic heterocycles. The summed E-state index contributed by atoms with van der Waals surface area (Å²) >= 11 is 1.52. The van der Waals surface area contributed by atoms with Crippen LogP contribution in [0.3, 0.4) is 0 Å². The number of thioether (sulfide) groups is 1. The lowest BCUT2D eigenvalue weighted by atomic mass is 10.1. The highest BCUT2D eigenvalue weighted by molar-refractivity contribution is 7.98. The molecule has 0 bridgehead atoms. The summed E-state index contributed by atoms with van der Waals surface area (Å²) in [4.78, 5) is 0. The quantitative estimate of drug-likeness (QED) is 0.642. The van der Waals surface area contributed by atoms with Crippen LogP contribution in [0.1, 0.15) is 25.6 Å². The van der Waals surface area contributed by atoms with E-state index in [2.05, 4.69) is 20.7 Å². The Bertz CT molecular complexity index is 784. The summed E-state index contributed by atoms with van der Waals surface area (Å²) in [6, 6.07) is 9.84. The van der Waals surface area contributed by atoms with Gasteiger partial charge in [0.25, 0.3) is 0 Å². The summed E-state index contributed by atoms with van der Waals surface area (Å²) in [6.07, 6.45) is 0. The zero-order valence-electron chi connectivity index (χ0n) is 13.1. The molecule has 0 unspecified atom stereocenters. The Morgan fingerprint density at radius 3 is 2.91 bits per heavy atom. The fourth-order valence-electron chi connectivity index (χ4n) is 2.10. The Labute approximate surface area is 138 Å². The lowest BCUT2D eigenvalue weighted by Crippen LogP contribution is -2.04. The fraction of sp³-hybridized carbons (Fsp3) is 0.333. The molecule has 3 aromatic rings. The van der Waals surface area contributed by atoms with Crippen molar-refractivity contribution in [3.05, 3.63) is 36.1 Å². The summed E-state index contributed by atoms with van der Waals surface area (Å²) in [5, 5.41) is 16.6. The van der Waals surface area contributed by atoms with Gasteiger partial charge in [-0.1, -0.05) is 29.1 Å². The van der Waals surface area contributed by atoms with E-state index in [0.29, 0.717) is 5.75 Å². The van der Waals surface area contributed by atoms with E-state index in [-0.39, 0.29) is 6.04 Å². The largest absolute Gasteiger partial charge is 0.496 e. The van der Waals surface area contributed by atoms with Gasteiger partial charge in [-0.15, -0.1) is 5.10 Å². The van der Waals surface area contributed by atoms with Crippen molar-refractivity contribution >= 4 is 11.8 Å². The number of rotatable bonds is 6. The number of nitrogens with zero attached hydrogens (tertiary/aromatic N) is 5. The Kier molecular flexibility index (Phi) is 4.61. The highest BCUT2D eigenvalue weighted by atomic mass is 32.2. The lowest BCUT2D eigenvalue weighted by Gasteiger charge is -2.05. The van der Waals surface area contributed by atoms with Crippen LogP contribution < -0.4 is 4.74 Å². The summed E-state index contributed by atoms with van der Waals surface area (Å²) in [5.74, 6) is 2.13. The van der Waals surface area contributed by atoms with Gasteiger partial charge in [0.1, 0.15) is 17.2 Å². The van der Waals surface area contributed by atoms with Crippen LogP contribution in [0.25, 0.3) is 11.3 Å². The number of hydrogen-bond donors (Lipinski definition) is 0. The number of ether oxygens (including phenoxy) is 1. The van der Waals surface area contributed by atoms with Gasteiger partial charge in [0.05, 0.1) is 18.9 Å². The van der Waals surface area contributed by atoms with Crippen LogP contribution in [-0.2, 0) is 5.75 Å². The minimum atomic E-state index is 0.214. The molecule has 2 heterocycles. The summed E-state index contributed by atoms with van der Waals surface area (Å²) < 4.78 is 12.5. The Hall–Kier alpha value is -2.35. The molecule has 0 fully saturated rings. The lowest BCUT2D eigenvalue weighted by molar-refractivity contribution is 0.394. The van der Waals surface area contributed by atoms with Crippen molar-refractivity contribution < 1.29 is 9.26 Å². The minimum Gasteiger partial charge on any atom is -0.496 e. The number of tetrazole rings is 1. The van der Waals surface area contributed by atoms with Crippen molar-refractivity contribution in [1.82, 2.24) is 25.4 Å². The van der Waals surface area contributed by atoms with Crippen molar-refractivity contribution in [3.63, 3.8) is 0 Å².